The van der Waals surface area contributed by atoms with E-state index in [1.54, 1.807) is 0 Å². The largest absolute Gasteiger partial charge is 0.392 e. The molecule has 0 saturated carbocycles. The summed E-state index contributed by atoms with van der Waals surface area (Å²) in [7, 11) is 0. The molecule has 2 atom stereocenters. The number of β-amino-alcohol motifs (C(OH)–C–C–N with tert-alkyl or cyclic N) is 1. The van der Waals surface area contributed by atoms with Gasteiger partial charge in [0.05, 0.1) is 17.8 Å². The number of ether oxygens (including phenoxy) is 1. The number of hydrogen-bond acceptors (Lipinski definition) is 3. The van der Waals surface area contributed by atoms with Crippen LogP contribution in [-0.2, 0) is 4.74 Å². The summed E-state index contributed by atoms with van der Waals surface area (Å²) in [6.07, 6.45) is 0.671. The van der Waals surface area contributed by atoms with Crippen molar-refractivity contribution in [3.8, 4) is 0 Å². The average Bonchev–Trinajstić information content (AvgIpc) is 1.82. The maximum Gasteiger partial charge on any atom is 0.0731 e. The summed E-state index contributed by atoms with van der Waals surface area (Å²) in [5.74, 6) is 0. The highest BCUT2D eigenvalue weighted by atomic mass is 16.5. The monoisotopic (exact) mass is 173 g/mol. The fraction of sp³-hybridized carbons (Fsp3) is 1.00. The van der Waals surface area contributed by atoms with Crippen LogP contribution in [0.15, 0.2) is 0 Å². The molecule has 1 heterocycles. The van der Waals surface area contributed by atoms with Gasteiger partial charge in [-0.25, -0.2) is 0 Å². The van der Waals surface area contributed by atoms with Crippen LogP contribution in [0.25, 0.3) is 0 Å². The Labute approximate surface area is 74.1 Å². The summed E-state index contributed by atoms with van der Waals surface area (Å²) in [4.78, 5) is 0. The number of piperidine rings is 1. The van der Waals surface area contributed by atoms with Gasteiger partial charge in [0.25, 0.3) is 0 Å². The van der Waals surface area contributed by atoms with Crippen LogP contribution in [0, 0.1) is 0 Å². The first kappa shape index (κ1) is 9.96. The first-order valence-corrected chi connectivity index (χ1v) is 4.54. The first-order valence-electron chi connectivity index (χ1n) is 4.54. The Morgan fingerprint density at radius 3 is 2.50 bits per heavy atom. The molecule has 3 heteroatoms. The lowest BCUT2D eigenvalue weighted by atomic mass is 10.1. The van der Waals surface area contributed by atoms with Crippen LogP contribution in [0.1, 0.15) is 27.2 Å². The van der Waals surface area contributed by atoms with Gasteiger partial charge in [-0.3, -0.25) is 0 Å². The minimum absolute atomic E-state index is 0.108. The lowest BCUT2D eigenvalue weighted by Gasteiger charge is -2.32. The highest BCUT2D eigenvalue weighted by Gasteiger charge is 2.24. The van der Waals surface area contributed by atoms with Gasteiger partial charge in [-0.05, 0) is 20.8 Å². The van der Waals surface area contributed by atoms with Gasteiger partial charge >= 0.3 is 0 Å². The van der Waals surface area contributed by atoms with Crippen molar-refractivity contribution in [1.82, 2.24) is 5.32 Å². The van der Waals surface area contributed by atoms with Crippen molar-refractivity contribution in [2.75, 3.05) is 13.1 Å². The number of aliphatic hydroxyl groups excluding tert-OH is 1. The molecule has 1 rings (SSSR count). The molecular weight excluding hydrogens is 154 g/mol. The van der Waals surface area contributed by atoms with E-state index < -0.39 is 0 Å². The predicted molar refractivity (Wildman–Crippen MR) is 48.1 cm³/mol. The predicted octanol–water partition coefficient (Wildman–Crippen LogP) is 0.524. The molecule has 1 saturated heterocycles. The molecule has 0 unspecified atom stereocenters. The third-order valence-corrected chi connectivity index (χ3v) is 1.81. The van der Waals surface area contributed by atoms with E-state index in [2.05, 4.69) is 5.32 Å². The molecule has 0 amide bonds. The minimum Gasteiger partial charge on any atom is -0.392 e. The Balaban J connectivity index is 2.32. The lowest BCUT2D eigenvalue weighted by Crippen LogP contribution is -2.45. The standard InChI is InChI=1S/C9H19NO2/c1-9(2,3)12-8-4-7(11)5-10-6-8/h7-8,10-11H,4-6H2,1-3H3/t7-,8+/m0/s1. The molecule has 0 spiro atoms. The molecular formula is C9H19NO2. The summed E-state index contributed by atoms with van der Waals surface area (Å²) < 4.78 is 5.73. The number of nitrogens with one attached hydrogen (secondary N) is 1. The second kappa shape index (κ2) is 3.73. The molecule has 3 nitrogen and oxygen atoms in total. The number of aliphatic hydroxyl groups is 1. The summed E-state index contributed by atoms with van der Waals surface area (Å²) in [6, 6.07) is 0. The van der Waals surface area contributed by atoms with Crippen LogP contribution < -0.4 is 5.32 Å². The molecule has 2 N–H and O–H groups in total. The normalized spacial score (nSPS) is 32.0. The van der Waals surface area contributed by atoms with Crippen molar-refractivity contribution in [2.24, 2.45) is 0 Å². The van der Waals surface area contributed by atoms with E-state index in [0.717, 1.165) is 13.0 Å². The fourth-order valence-corrected chi connectivity index (χ4v) is 1.47. The van der Waals surface area contributed by atoms with Crippen molar-refractivity contribution < 1.29 is 9.84 Å². The first-order chi connectivity index (χ1) is 5.47. The van der Waals surface area contributed by atoms with E-state index in [9.17, 15) is 5.11 Å². The third-order valence-electron chi connectivity index (χ3n) is 1.81. The smallest absolute Gasteiger partial charge is 0.0731 e. The van der Waals surface area contributed by atoms with Crippen LogP contribution in [-0.4, -0.2) is 36.0 Å². The van der Waals surface area contributed by atoms with E-state index in [1.165, 1.54) is 0 Å². The Kier molecular flexibility index (Phi) is 3.09. The molecule has 0 aromatic heterocycles. The van der Waals surface area contributed by atoms with E-state index in [1.807, 2.05) is 20.8 Å². The molecule has 0 bridgehead atoms. The van der Waals surface area contributed by atoms with Crippen molar-refractivity contribution >= 4 is 0 Å². The zero-order valence-corrected chi connectivity index (χ0v) is 8.13. The third kappa shape index (κ3) is 3.52. The second-order valence-electron chi connectivity index (χ2n) is 4.40. The second-order valence-corrected chi connectivity index (χ2v) is 4.40. The lowest BCUT2D eigenvalue weighted by molar-refractivity contribution is -0.0850. The molecule has 0 aliphatic carbocycles. The maximum absolute atomic E-state index is 9.33. The highest BCUT2D eigenvalue weighted by Crippen LogP contribution is 2.15. The van der Waals surface area contributed by atoms with E-state index in [4.69, 9.17) is 4.74 Å². The van der Waals surface area contributed by atoms with Crippen LogP contribution >= 0.6 is 0 Å². The molecule has 0 aromatic carbocycles. The van der Waals surface area contributed by atoms with Crippen LogP contribution in [0.3, 0.4) is 0 Å². The zero-order chi connectivity index (χ0) is 9.19. The van der Waals surface area contributed by atoms with Gasteiger partial charge in [0.2, 0.25) is 0 Å². The van der Waals surface area contributed by atoms with Crippen molar-refractivity contribution in [3.63, 3.8) is 0 Å². The Bertz CT molecular complexity index is 142. The van der Waals surface area contributed by atoms with Gasteiger partial charge in [0.1, 0.15) is 0 Å². The summed E-state index contributed by atoms with van der Waals surface area (Å²) in [6.45, 7) is 7.66. The molecule has 1 fully saturated rings. The number of rotatable bonds is 1. The topological polar surface area (TPSA) is 41.5 Å². The summed E-state index contributed by atoms with van der Waals surface area (Å²) in [5, 5.41) is 12.5. The van der Waals surface area contributed by atoms with Crippen molar-refractivity contribution in [1.29, 1.82) is 0 Å². The Morgan fingerprint density at radius 1 is 1.33 bits per heavy atom. The summed E-state index contributed by atoms with van der Waals surface area (Å²) >= 11 is 0. The Hall–Kier alpha value is -0.120. The SMILES string of the molecule is CC(C)(C)O[C@H]1CNC[C@@H](O)C1. The van der Waals surface area contributed by atoms with Gasteiger partial charge in [0.15, 0.2) is 0 Å². The van der Waals surface area contributed by atoms with Crippen molar-refractivity contribution in [3.05, 3.63) is 0 Å². The van der Waals surface area contributed by atoms with Gasteiger partial charge in [-0.15, -0.1) is 0 Å². The molecule has 0 radical (unpaired) electrons. The summed E-state index contributed by atoms with van der Waals surface area (Å²) in [5.41, 5.74) is -0.108. The quantitative estimate of drug-likeness (QED) is 0.607. The molecule has 12 heavy (non-hydrogen) atoms. The average molecular weight is 173 g/mol. The van der Waals surface area contributed by atoms with Gasteiger partial charge in [-0.1, -0.05) is 0 Å². The zero-order valence-electron chi connectivity index (χ0n) is 8.13. The van der Waals surface area contributed by atoms with Crippen LogP contribution in [0.2, 0.25) is 0 Å². The Morgan fingerprint density at radius 2 is 2.00 bits per heavy atom. The van der Waals surface area contributed by atoms with E-state index >= 15 is 0 Å². The number of hydrogen-bond donors (Lipinski definition) is 2. The molecule has 1 aliphatic rings. The highest BCUT2D eigenvalue weighted by molar-refractivity contribution is 4.78. The fourth-order valence-electron chi connectivity index (χ4n) is 1.47. The van der Waals surface area contributed by atoms with Crippen LogP contribution in [0.5, 0.6) is 0 Å². The molecule has 72 valence electrons. The van der Waals surface area contributed by atoms with E-state index in [0.29, 0.717) is 6.54 Å². The van der Waals surface area contributed by atoms with Gasteiger partial charge in [-0.2, -0.15) is 0 Å². The minimum atomic E-state index is -0.244. The van der Waals surface area contributed by atoms with E-state index in [-0.39, 0.29) is 17.8 Å². The van der Waals surface area contributed by atoms with Crippen LogP contribution in [0.4, 0.5) is 0 Å². The van der Waals surface area contributed by atoms with Gasteiger partial charge < -0.3 is 15.2 Å². The van der Waals surface area contributed by atoms with Crippen molar-refractivity contribution in [2.45, 2.75) is 45.0 Å². The molecule has 0 aromatic rings. The van der Waals surface area contributed by atoms with Gasteiger partial charge in [0, 0.05) is 19.5 Å². The maximum atomic E-state index is 9.33. The molecule has 1 aliphatic heterocycles.